The Labute approximate surface area is 108 Å². The molecule has 1 aliphatic heterocycles. The van der Waals surface area contributed by atoms with E-state index in [9.17, 15) is 5.11 Å². The lowest BCUT2D eigenvalue weighted by atomic mass is 10.0. The zero-order chi connectivity index (χ0) is 13.4. The average Bonchev–Trinajstić information content (AvgIpc) is 2.60. The summed E-state index contributed by atoms with van der Waals surface area (Å²) < 4.78 is 11.5. The molecule has 0 spiro atoms. The van der Waals surface area contributed by atoms with Crippen molar-refractivity contribution in [3.8, 4) is 11.5 Å². The van der Waals surface area contributed by atoms with E-state index in [1.54, 1.807) is 6.92 Å². The molecular formula is C14H21NO3. The third-order valence-corrected chi connectivity index (χ3v) is 3.03. The predicted octanol–water partition coefficient (Wildman–Crippen LogP) is 1.49. The molecular weight excluding hydrogens is 230 g/mol. The maximum atomic E-state index is 9.84. The highest BCUT2D eigenvalue weighted by Gasteiger charge is 2.32. The highest BCUT2D eigenvalue weighted by Crippen LogP contribution is 2.41. The first-order valence-corrected chi connectivity index (χ1v) is 6.19. The zero-order valence-electron chi connectivity index (χ0n) is 11.2. The quantitative estimate of drug-likeness (QED) is 0.851. The summed E-state index contributed by atoms with van der Waals surface area (Å²) in [7, 11) is 0. The van der Waals surface area contributed by atoms with E-state index >= 15 is 0 Å². The van der Waals surface area contributed by atoms with Crippen LogP contribution in [0.15, 0.2) is 18.2 Å². The topological polar surface area (TPSA) is 64.7 Å². The maximum Gasteiger partial charge on any atom is 0.165 e. The minimum Gasteiger partial charge on any atom is -0.487 e. The summed E-state index contributed by atoms with van der Waals surface area (Å²) in [5, 5.41) is 9.84. The SMILES string of the molecule is CC(O)(CN)COc1cccc2c1OC(C)(C)C2. The fourth-order valence-electron chi connectivity index (χ4n) is 1.99. The summed E-state index contributed by atoms with van der Waals surface area (Å²) in [5.41, 5.74) is 5.40. The number of hydrogen-bond acceptors (Lipinski definition) is 4. The number of ether oxygens (including phenoxy) is 2. The van der Waals surface area contributed by atoms with Gasteiger partial charge in [0.25, 0.3) is 0 Å². The van der Waals surface area contributed by atoms with Crippen LogP contribution in [0.5, 0.6) is 11.5 Å². The van der Waals surface area contributed by atoms with Gasteiger partial charge in [-0.25, -0.2) is 0 Å². The Hall–Kier alpha value is -1.26. The Morgan fingerprint density at radius 2 is 2.22 bits per heavy atom. The molecule has 18 heavy (non-hydrogen) atoms. The first kappa shape index (κ1) is 13.2. The molecule has 4 heteroatoms. The third kappa shape index (κ3) is 2.76. The molecule has 0 aromatic heterocycles. The second-order valence-corrected chi connectivity index (χ2v) is 5.77. The van der Waals surface area contributed by atoms with Crippen LogP contribution in [0.4, 0.5) is 0 Å². The van der Waals surface area contributed by atoms with Crippen LogP contribution in [-0.4, -0.2) is 29.5 Å². The van der Waals surface area contributed by atoms with E-state index in [0.29, 0.717) is 5.75 Å². The molecule has 100 valence electrons. The molecule has 0 radical (unpaired) electrons. The van der Waals surface area contributed by atoms with Crippen molar-refractivity contribution in [3.63, 3.8) is 0 Å². The maximum absolute atomic E-state index is 9.84. The fraction of sp³-hybridized carbons (Fsp3) is 0.571. The van der Waals surface area contributed by atoms with Crippen LogP contribution in [0, 0.1) is 0 Å². The molecule has 1 heterocycles. The molecule has 1 atom stereocenters. The molecule has 2 rings (SSSR count). The van der Waals surface area contributed by atoms with Gasteiger partial charge in [-0.15, -0.1) is 0 Å². The van der Waals surface area contributed by atoms with E-state index in [4.69, 9.17) is 15.2 Å². The van der Waals surface area contributed by atoms with Crippen LogP contribution in [0.25, 0.3) is 0 Å². The normalized spacial score (nSPS) is 19.8. The number of fused-ring (bicyclic) bond motifs is 1. The van der Waals surface area contributed by atoms with Gasteiger partial charge in [0.1, 0.15) is 17.8 Å². The number of nitrogens with two attached hydrogens (primary N) is 1. The van der Waals surface area contributed by atoms with Gasteiger partial charge in [-0.05, 0) is 26.8 Å². The Morgan fingerprint density at radius 3 is 2.89 bits per heavy atom. The first-order valence-electron chi connectivity index (χ1n) is 6.19. The monoisotopic (exact) mass is 251 g/mol. The lowest BCUT2D eigenvalue weighted by molar-refractivity contribution is 0.0177. The van der Waals surface area contributed by atoms with Crippen molar-refractivity contribution in [2.75, 3.05) is 13.2 Å². The predicted molar refractivity (Wildman–Crippen MR) is 70.0 cm³/mol. The third-order valence-electron chi connectivity index (χ3n) is 3.03. The van der Waals surface area contributed by atoms with Gasteiger partial charge in [0, 0.05) is 18.5 Å². The smallest absolute Gasteiger partial charge is 0.165 e. The van der Waals surface area contributed by atoms with Gasteiger partial charge >= 0.3 is 0 Å². The van der Waals surface area contributed by atoms with Crippen LogP contribution in [0.1, 0.15) is 26.3 Å². The van der Waals surface area contributed by atoms with Crippen LogP contribution < -0.4 is 15.2 Å². The summed E-state index contributed by atoms with van der Waals surface area (Å²) in [6, 6.07) is 5.83. The number of benzene rings is 1. The lowest BCUT2D eigenvalue weighted by Crippen LogP contribution is -2.40. The largest absolute Gasteiger partial charge is 0.487 e. The fourth-order valence-corrected chi connectivity index (χ4v) is 1.99. The van der Waals surface area contributed by atoms with Gasteiger partial charge in [-0.3, -0.25) is 0 Å². The summed E-state index contributed by atoms with van der Waals surface area (Å²) in [4.78, 5) is 0. The summed E-state index contributed by atoms with van der Waals surface area (Å²) in [6.45, 7) is 6.07. The second-order valence-electron chi connectivity index (χ2n) is 5.77. The van der Waals surface area contributed by atoms with Crippen molar-refractivity contribution in [1.29, 1.82) is 0 Å². The number of hydrogen-bond donors (Lipinski definition) is 2. The molecule has 4 nitrogen and oxygen atoms in total. The van der Waals surface area contributed by atoms with E-state index < -0.39 is 5.60 Å². The summed E-state index contributed by atoms with van der Waals surface area (Å²) in [5.74, 6) is 1.46. The van der Waals surface area contributed by atoms with E-state index in [0.717, 1.165) is 17.7 Å². The van der Waals surface area contributed by atoms with Crippen molar-refractivity contribution in [2.24, 2.45) is 5.73 Å². The molecule has 0 saturated carbocycles. The van der Waals surface area contributed by atoms with Crippen molar-refractivity contribution in [2.45, 2.75) is 38.4 Å². The average molecular weight is 251 g/mol. The van der Waals surface area contributed by atoms with Crippen LogP contribution >= 0.6 is 0 Å². The molecule has 3 N–H and O–H groups in total. The van der Waals surface area contributed by atoms with Gasteiger partial charge in [0.15, 0.2) is 11.5 Å². The Kier molecular flexibility index (Phi) is 3.25. The number of rotatable bonds is 4. The highest BCUT2D eigenvalue weighted by molar-refractivity contribution is 5.50. The highest BCUT2D eigenvalue weighted by atomic mass is 16.5. The molecule has 1 aliphatic rings. The van der Waals surface area contributed by atoms with Crippen molar-refractivity contribution < 1.29 is 14.6 Å². The first-order chi connectivity index (χ1) is 8.33. The van der Waals surface area contributed by atoms with Crippen molar-refractivity contribution >= 4 is 0 Å². The molecule has 1 aromatic rings. The zero-order valence-corrected chi connectivity index (χ0v) is 11.2. The van der Waals surface area contributed by atoms with Gasteiger partial charge in [0.05, 0.1) is 0 Å². The van der Waals surface area contributed by atoms with E-state index in [2.05, 4.69) is 0 Å². The Bertz CT molecular complexity index is 441. The Balaban J connectivity index is 2.15. The molecule has 0 aliphatic carbocycles. The molecule has 0 fully saturated rings. The standard InChI is InChI=1S/C14H21NO3/c1-13(2)7-10-5-4-6-11(12(10)18-13)17-9-14(3,16)8-15/h4-6,16H,7-9,15H2,1-3H3. The van der Waals surface area contributed by atoms with Crippen LogP contribution in [0.3, 0.4) is 0 Å². The van der Waals surface area contributed by atoms with Gasteiger partial charge in [-0.1, -0.05) is 12.1 Å². The molecule has 0 bridgehead atoms. The summed E-state index contributed by atoms with van der Waals surface area (Å²) in [6.07, 6.45) is 0.868. The van der Waals surface area contributed by atoms with E-state index in [1.807, 2.05) is 32.0 Å². The molecule has 1 unspecified atom stereocenters. The minimum absolute atomic E-state index is 0.156. The van der Waals surface area contributed by atoms with Gasteiger partial charge in [-0.2, -0.15) is 0 Å². The van der Waals surface area contributed by atoms with E-state index in [1.165, 1.54) is 0 Å². The van der Waals surface area contributed by atoms with E-state index in [-0.39, 0.29) is 18.8 Å². The van der Waals surface area contributed by atoms with Crippen molar-refractivity contribution in [1.82, 2.24) is 0 Å². The minimum atomic E-state index is -1.02. The number of aliphatic hydroxyl groups is 1. The lowest BCUT2D eigenvalue weighted by Gasteiger charge is -2.22. The van der Waals surface area contributed by atoms with Gasteiger partial charge in [0.2, 0.25) is 0 Å². The van der Waals surface area contributed by atoms with Crippen LogP contribution in [-0.2, 0) is 6.42 Å². The Morgan fingerprint density at radius 1 is 1.50 bits per heavy atom. The molecule has 0 saturated heterocycles. The number of para-hydroxylation sites is 1. The second kappa shape index (κ2) is 4.44. The molecule has 1 aromatic carbocycles. The molecule has 0 amide bonds. The van der Waals surface area contributed by atoms with Crippen LogP contribution in [0.2, 0.25) is 0 Å². The van der Waals surface area contributed by atoms with Gasteiger partial charge < -0.3 is 20.3 Å². The summed E-state index contributed by atoms with van der Waals surface area (Å²) >= 11 is 0. The van der Waals surface area contributed by atoms with Crippen molar-refractivity contribution in [3.05, 3.63) is 23.8 Å².